The van der Waals surface area contributed by atoms with Crippen LogP contribution >= 0.6 is 0 Å². The molecule has 70 valence electrons. The Morgan fingerprint density at radius 1 is 1.17 bits per heavy atom. The minimum Gasteiger partial charge on any atom is -0.702 e. The van der Waals surface area contributed by atoms with Crippen LogP contribution in [0, 0.1) is 11.8 Å². The van der Waals surface area contributed by atoms with Gasteiger partial charge >= 0.3 is 0 Å². The number of hydrogen-bond acceptors (Lipinski definition) is 2. The summed E-state index contributed by atoms with van der Waals surface area (Å²) in [5, 5.41) is 0. The minimum atomic E-state index is 0.652. The summed E-state index contributed by atoms with van der Waals surface area (Å²) >= 11 is 5.31. The van der Waals surface area contributed by atoms with Crippen LogP contribution in [0.1, 0.15) is 39.0 Å². The first-order chi connectivity index (χ1) is 5.77. The highest BCUT2D eigenvalue weighted by Gasteiger charge is 2.30. The molecule has 2 rings (SSSR count). The van der Waals surface area contributed by atoms with E-state index in [0.29, 0.717) is 6.04 Å². The molecule has 1 nitrogen and oxygen atoms in total. The van der Waals surface area contributed by atoms with E-state index >= 15 is 0 Å². The number of nitrogens with zero attached hydrogens (tertiary/aromatic N) is 1. The van der Waals surface area contributed by atoms with Gasteiger partial charge in [-0.25, -0.2) is 0 Å². The smallest absolute Gasteiger partial charge is 0.0148 e. The van der Waals surface area contributed by atoms with Gasteiger partial charge in [0, 0.05) is 0 Å². The average Bonchev–Trinajstić information content (AvgIpc) is 2.07. The molecular formula is C10H18NS-. The fourth-order valence-corrected chi connectivity index (χ4v) is 3.08. The zero-order valence-electron chi connectivity index (χ0n) is 7.83. The molecule has 2 fully saturated rings. The van der Waals surface area contributed by atoms with Gasteiger partial charge in [0.1, 0.15) is 0 Å². The van der Waals surface area contributed by atoms with E-state index in [1.165, 1.54) is 38.6 Å². The SMILES string of the molecule is CC1CC2CCCCC2CN1[S-]. The lowest BCUT2D eigenvalue weighted by atomic mass is 9.74. The van der Waals surface area contributed by atoms with Crippen LogP contribution < -0.4 is 0 Å². The molecule has 1 saturated carbocycles. The van der Waals surface area contributed by atoms with Crippen molar-refractivity contribution in [3.05, 3.63) is 0 Å². The maximum atomic E-state index is 5.31. The Morgan fingerprint density at radius 3 is 2.58 bits per heavy atom. The van der Waals surface area contributed by atoms with E-state index < -0.39 is 0 Å². The molecule has 0 N–H and O–H groups in total. The maximum absolute atomic E-state index is 5.31. The minimum absolute atomic E-state index is 0.652. The number of rotatable bonds is 0. The third-order valence-electron chi connectivity index (χ3n) is 3.62. The van der Waals surface area contributed by atoms with E-state index in [1.54, 1.807) is 0 Å². The van der Waals surface area contributed by atoms with E-state index in [0.717, 1.165) is 11.8 Å². The van der Waals surface area contributed by atoms with Gasteiger partial charge in [0.25, 0.3) is 0 Å². The summed E-state index contributed by atoms with van der Waals surface area (Å²) in [6, 6.07) is 0.652. The van der Waals surface area contributed by atoms with Crippen LogP contribution in [0.4, 0.5) is 0 Å². The lowest BCUT2D eigenvalue weighted by Crippen LogP contribution is -2.43. The summed E-state index contributed by atoms with van der Waals surface area (Å²) in [7, 11) is 0. The zero-order valence-corrected chi connectivity index (χ0v) is 8.65. The van der Waals surface area contributed by atoms with E-state index in [-0.39, 0.29) is 0 Å². The molecule has 2 heteroatoms. The lowest BCUT2D eigenvalue weighted by molar-refractivity contribution is 0.108. The van der Waals surface area contributed by atoms with Crippen molar-refractivity contribution in [1.82, 2.24) is 4.31 Å². The normalized spacial score (nSPS) is 44.0. The van der Waals surface area contributed by atoms with Crippen molar-refractivity contribution < 1.29 is 0 Å². The van der Waals surface area contributed by atoms with Gasteiger partial charge in [0.05, 0.1) is 0 Å². The molecule has 0 aromatic heterocycles. The molecule has 12 heavy (non-hydrogen) atoms. The van der Waals surface area contributed by atoms with Gasteiger partial charge in [-0.1, -0.05) is 26.2 Å². The standard InChI is InChI=1S/C10H18NS/c1-8-6-9-4-2-3-5-10(9)7-11(8)12/h8-10H,2-7H2,1H3/q-1. The summed E-state index contributed by atoms with van der Waals surface area (Å²) < 4.78 is 2.13. The van der Waals surface area contributed by atoms with E-state index in [9.17, 15) is 0 Å². The maximum Gasteiger partial charge on any atom is -0.0148 e. The lowest BCUT2D eigenvalue weighted by Gasteiger charge is -2.49. The van der Waals surface area contributed by atoms with Crippen LogP contribution in [0.2, 0.25) is 0 Å². The topological polar surface area (TPSA) is 3.24 Å². The molecular weight excluding hydrogens is 166 g/mol. The summed E-state index contributed by atoms with van der Waals surface area (Å²) in [5.41, 5.74) is 0. The van der Waals surface area contributed by atoms with Crippen LogP contribution in [-0.4, -0.2) is 16.9 Å². The molecule has 0 aromatic carbocycles. The molecule has 0 aromatic rings. The molecule has 1 aliphatic heterocycles. The first-order valence-electron chi connectivity index (χ1n) is 5.21. The van der Waals surface area contributed by atoms with E-state index in [1.807, 2.05) is 0 Å². The van der Waals surface area contributed by atoms with Gasteiger partial charge < -0.3 is 17.1 Å². The zero-order chi connectivity index (χ0) is 8.55. The molecule has 0 radical (unpaired) electrons. The van der Waals surface area contributed by atoms with Gasteiger partial charge in [-0.3, -0.25) is 0 Å². The van der Waals surface area contributed by atoms with E-state index in [4.69, 9.17) is 12.8 Å². The molecule has 2 aliphatic rings. The van der Waals surface area contributed by atoms with Crippen LogP contribution in [-0.2, 0) is 12.8 Å². The molecule has 0 amide bonds. The first kappa shape index (κ1) is 8.89. The van der Waals surface area contributed by atoms with Crippen molar-refractivity contribution in [2.75, 3.05) is 6.54 Å². The monoisotopic (exact) mass is 184 g/mol. The Labute approximate surface area is 81.1 Å². The second-order valence-corrected chi connectivity index (χ2v) is 4.96. The number of piperidine rings is 1. The fourth-order valence-electron chi connectivity index (χ4n) is 2.80. The second kappa shape index (κ2) is 3.59. The molecule has 1 aliphatic carbocycles. The molecule has 1 saturated heterocycles. The van der Waals surface area contributed by atoms with Crippen LogP contribution in [0.15, 0.2) is 0 Å². The molecule has 0 spiro atoms. The number of fused-ring (bicyclic) bond motifs is 1. The van der Waals surface area contributed by atoms with Gasteiger partial charge in [-0.05, 0) is 37.3 Å². The van der Waals surface area contributed by atoms with Crippen molar-refractivity contribution in [1.29, 1.82) is 0 Å². The summed E-state index contributed by atoms with van der Waals surface area (Å²) in [4.78, 5) is 0. The third-order valence-corrected chi connectivity index (χ3v) is 4.13. The Hall–Kier alpha value is 0.310. The predicted molar refractivity (Wildman–Crippen MR) is 53.6 cm³/mol. The number of hydrogen-bond donors (Lipinski definition) is 0. The van der Waals surface area contributed by atoms with Crippen molar-refractivity contribution in [2.24, 2.45) is 11.8 Å². The van der Waals surface area contributed by atoms with Crippen LogP contribution in [0.5, 0.6) is 0 Å². The third kappa shape index (κ3) is 1.64. The Bertz CT molecular complexity index is 142. The highest BCUT2D eigenvalue weighted by atomic mass is 32.1. The second-order valence-electron chi connectivity index (χ2n) is 4.49. The summed E-state index contributed by atoms with van der Waals surface area (Å²) in [6.45, 7) is 3.46. The van der Waals surface area contributed by atoms with Gasteiger partial charge in [-0.2, -0.15) is 0 Å². The highest BCUT2D eigenvalue weighted by molar-refractivity contribution is 7.55. The fraction of sp³-hybridized carbons (Fsp3) is 1.00. The van der Waals surface area contributed by atoms with Gasteiger partial charge in [0.15, 0.2) is 0 Å². The van der Waals surface area contributed by atoms with Crippen molar-refractivity contribution >= 4 is 12.8 Å². The van der Waals surface area contributed by atoms with E-state index in [2.05, 4.69) is 11.2 Å². The molecule has 3 unspecified atom stereocenters. The van der Waals surface area contributed by atoms with Gasteiger partial charge in [0.2, 0.25) is 0 Å². The molecule has 3 atom stereocenters. The summed E-state index contributed by atoms with van der Waals surface area (Å²) in [6.07, 6.45) is 7.17. The quantitative estimate of drug-likeness (QED) is 0.532. The Kier molecular flexibility index (Phi) is 2.66. The van der Waals surface area contributed by atoms with Crippen molar-refractivity contribution in [3.63, 3.8) is 0 Å². The predicted octanol–water partition coefficient (Wildman–Crippen LogP) is 2.35. The highest BCUT2D eigenvalue weighted by Crippen LogP contribution is 2.37. The van der Waals surface area contributed by atoms with Crippen LogP contribution in [0.25, 0.3) is 0 Å². The van der Waals surface area contributed by atoms with Crippen LogP contribution in [0.3, 0.4) is 0 Å². The van der Waals surface area contributed by atoms with Gasteiger partial charge in [-0.15, -0.1) is 0 Å². The van der Waals surface area contributed by atoms with Crippen molar-refractivity contribution in [2.45, 2.75) is 45.1 Å². The molecule has 1 heterocycles. The summed E-state index contributed by atoms with van der Waals surface area (Å²) in [5.74, 6) is 1.94. The Balaban J connectivity index is 1.98. The average molecular weight is 184 g/mol. The largest absolute Gasteiger partial charge is 0.702 e. The van der Waals surface area contributed by atoms with Crippen molar-refractivity contribution in [3.8, 4) is 0 Å². The first-order valence-corrected chi connectivity index (χ1v) is 5.57. The Morgan fingerprint density at radius 2 is 1.83 bits per heavy atom. The molecule has 0 bridgehead atoms.